The number of para-hydroxylation sites is 2. The van der Waals surface area contributed by atoms with Crippen molar-refractivity contribution in [2.45, 2.75) is 18.9 Å². The highest BCUT2D eigenvalue weighted by Crippen LogP contribution is 2.20. The topological polar surface area (TPSA) is 64.3 Å². The van der Waals surface area contributed by atoms with Gasteiger partial charge in [-0.2, -0.15) is 11.8 Å². The Labute approximate surface area is 111 Å². The van der Waals surface area contributed by atoms with Crippen LogP contribution in [-0.4, -0.2) is 30.1 Å². The first-order valence-electron chi connectivity index (χ1n) is 6.10. The number of nitrogens with one attached hydrogen (secondary N) is 1. The Kier molecular flexibility index (Phi) is 4.75. The molecule has 4 nitrogen and oxygen atoms in total. The molecule has 1 heterocycles. The summed E-state index contributed by atoms with van der Waals surface area (Å²) in [5, 5.41) is 3.01. The van der Waals surface area contributed by atoms with E-state index in [0.29, 0.717) is 30.5 Å². The fourth-order valence-corrected chi connectivity index (χ4v) is 2.97. The number of nitrogens with two attached hydrogens (primary N) is 1. The number of rotatable bonds is 5. The smallest absolute Gasteiger partial charge is 0.223 e. The zero-order chi connectivity index (χ0) is 12.8. The molecule has 1 aliphatic rings. The summed E-state index contributed by atoms with van der Waals surface area (Å²) in [5.41, 5.74) is 6.34. The zero-order valence-corrected chi connectivity index (χ0v) is 11.0. The summed E-state index contributed by atoms with van der Waals surface area (Å²) in [6.07, 6.45) is 1.44. The van der Waals surface area contributed by atoms with Gasteiger partial charge in [-0.25, -0.2) is 0 Å². The molecule has 0 radical (unpaired) electrons. The Morgan fingerprint density at radius 1 is 1.50 bits per heavy atom. The van der Waals surface area contributed by atoms with Gasteiger partial charge in [-0.05, 0) is 24.3 Å². The summed E-state index contributed by atoms with van der Waals surface area (Å²) >= 11 is 1.88. The van der Waals surface area contributed by atoms with Crippen LogP contribution in [0, 0.1) is 0 Å². The molecular formula is C13H18N2O2S. The van der Waals surface area contributed by atoms with E-state index >= 15 is 0 Å². The van der Waals surface area contributed by atoms with E-state index in [1.807, 2.05) is 23.9 Å². The highest BCUT2D eigenvalue weighted by molar-refractivity contribution is 7.99. The number of anilines is 1. The molecule has 1 fully saturated rings. The van der Waals surface area contributed by atoms with Gasteiger partial charge < -0.3 is 15.8 Å². The van der Waals surface area contributed by atoms with Crippen LogP contribution in [0.2, 0.25) is 0 Å². The number of carbonyl (C=O) groups is 1. The van der Waals surface area contributed by atoms with Crippen molar-refractivity contribution in [2.75, 3.05) is 23.8 Å². The molecule has 1 aliphatic heterocycles. The monoisotopic (exact) mass is 266 g/mol. The summed E-state index contributed by atoms with van der Waals surface area (Å²) < 4.78 is 5.48. The molecule has 2 rings (SSSR count). The molecule has 0 aliphatic carbocycles. The Morgan fingerprint density at radius 3 is 3.06 bits per heavy atom. The van der Waals surface area contributed by atoms with E-state index in [-0.39, 0.29) is 5.91 Å². The van der Waals surface area contributed by atoms with Gasteiger partial charge in [0.1, 0.15) is 5.75 Å². The van der Waals surface area contributed by atoms with Crippen molar-refractivity contribution in [2.24, 2.45) is 0 Å². The van der Waals surface area contributed by atoms with Gasteiger partial charge in [-0.15, -0.1) is 0 Å². The van der Waals surface area contributed by atoms with E-state index in [1.165, 1.54) is 0 Å². The third-order valence-corrected chi connectivity index (χ3v) is 3.96. The molecule has 18 heavy (non-hydrogen) atoms. The number of amides is 1. The number of benzene rings is 1. The lowest BCUT2D eigenvalue weighted by atomic mass is 10.2. The molecule has 0 spiro atoms. The molecule has 1 aromatic carbocycles. The van der Waals surface area contributed by atoms with Gasteiger partial charge >= 0.3 is 0 Å². The Morgan fingerprint density at radius 2 is 2.33 bits per heavy atom. The third-order valence-electron chi connectivity index (χ3n) is 2.80. The second-order valence-corrected chi connectivity index (χ2v) is 5.41. The van der Waals surface area contributed by atoms with Gasteiger partial charge in [0.05, 0.1) is 18.7 Å². The summed E-state index contributed by atoms with van der Waals surface area (Å²) in [6.45, 7) is 0.361. The number of thioether (sulfide) groups is 1. The maximum Gasteiger partial charge on any atom is 0.223 e. The van der Waals surface area contributed by atoms with E-state index in [0.717, 1.165) is 17.9 Å². The standard InChI is InChI=1S/C13H18N2O2S/c14-11-3-1-2-4-12(11)17-7-5-13(16)15-10-6-8-18-9-10/h1-4,10H,5-9,14H2,(H,15,16). The predicted octanol–water partition coefficient (Wildman–Crippen LogP) is 1.66. The highest BCUT2D eigenvalue weighted by Gasteiger charge is 2.17. The van der Waals surface area contributed by atoms with E-state index in [2.05, 4.69) is 5.32 Å². The maximum absolute atomic E-state index is 11.6. The molecule has 1 aromatic rings. The number of hydrogen-bond donors (Lipinski definition) is 2. The predicted molar refractivity (Wildman–Crippen MR) is 74.8 cm³/mol. The van der Waals surface area contributed by atoms with Gasteiger partial charge in [0.2, 0.25) is 5.91 Å². The summed E-state index contributed by atoms with van der Waals surface area (Å²) in [6, 6.07) is 7.64. The SMILES string of the molecule is Nc1ccccc1OCCC(=O)NC1CCSC1. The first-order chi connectivity index (χ1) is 8.75. The van der Waals surface area contributed by atoms with Crippen LogP contribution < -0.4 is 15.8 Å². The molecular weight excluding hydrogens is 248 g/mol. The van der Waals surface area contributed by atoms with E-state index in [9.17, 15) is 4.79 Å². The van der Waals surface area contributed by atoms with Crippen molar-refractivity contribution < 1.29 is 9.53 Å². The average Bonchev–Trinajstić information content (AvgIpc) is 2.84. The molecule has 0 bridgehead atoms. The number of carbonyl (C=O) groups excluding carboxylic acids is 1. The maximum atomic E-state index is 11.6. The number of hydrogen-bond acceptors (Lipinski definition) is 4. The minimum atomic E-state index is 0.0528. The number of ether oxygens (including phenoxy) is 1. The highest BCUT2D eigenvalue weighted by atomic mass is 32.2. The van der Waals surface area contributed by atoms with Crippen LogP contribution in [-0.2, 0) is 4.79 Å². The Hall–Kier alpha value is -1.36. The summed E-state index contributed by atoms with van der Waals surface area (Å²) in [7, 11) is 0. The number of nitrogen functional groups attached to an aromatic ring is 1. The second-order valence-electron chi connectivity index (χ2n) is 4.26. The molecule has 1 amide bonds. The molecule has 1 saturated heterocycles. The van der Waals surface area contributed by atoms with Gasteiger partial charge in [-0.1, -0.05) is 12.1 Å². The largest absolute Gasteiger partial charge is 0.491 e. The minimum Gasteiger partial charge on any atom is -0.491 e. The molecule has 0 saturated carbocycles. The molecule has 1 unspecified atom stereocenters. The summed E-state index contributed by atoms with van der Waals surface area (Å²) in [5.74, 6) is 2.86. The molecule has 1 atom stereocenters. The van der Waals surface area contributed by atoms with Crippen LogP contribution in [0.4, 0.5) is 5.69 Å². The van der Waals surface area contributed by atoms with Crippen LogP contribution >= 0.6 is 11.8 Å². The van der Waals surface area contributed by atoms with Crippen molar-refractivity contribution >= 4 is 23.4 Å². The molecule has 3 N–H and O–H groups in total. The van der Waals surface area contributed by atoms with E-state index < -0.39 is 0 Å². The van der Waals surface area contributed by atoms with Crippen molar-refractivity contribution in [3.8, 4) is 5.75 Å². The molecule has 0 aromatic heterocycles. The van der Waals surface area contributed by atoms with Gasteiger partial charge in [0.25, 0.3) is 0 Å². The van der Waals surface area contributed by atoms with Gasteiger partial charge in [0, 0.05) is 11.8 Å². The average molecular weight is 266 g/mol. The van der Waals surface area contributed by atoms with E-state index in [4.69, 9.17) is 10.5 Å². The first-order valence-corrected chi connectivity index (χ1v) is 7.25. The van der Waals surface area contributed by atoms with Crippen LogP contribution in [0.5, 0.6) is 5.75 Å². The van der Waals surface area contributed by atoms with Crippen molar-refractivity contribution in [1.29, 1.82) is 0 Å². The Balaban J connectivity index is 1.68. The lowest BCUT2D eigenvalue weighted by Gasteiger charge is -2.12. The van der Waals surface area contributed by atoms with Crippen LogP contribution in [0.15, 0.2) is 24.3 Å². The van der Waals surface area contributed by atoms with E-state index in [1.54, 1.807) is 12.1 Å². The zero-order valence-electron chi connectivity index (χ0n) is 10.2. The van der Waals surface area contributed by atoms with Crippen molar-refractivity contribution in [1.82, 2.24) is 5.32 Å². The minimum absolute atomic E-state index is 0.0528. The van der Waals surface area contributed by atoms with Crippen LogP contribution in [0.1, 0.15) is 12.8 Å². The van der Waals surface area contributed by atoms with Crippen molar-refractivity contribution in [3.05, 3.63) is 24.3 Å². The van der Waals surface area contributed by atoms with Gasteiger partial charge in [0.15, 0.2) is 0 Å². The second kappa shape index (κ2) is 6.54. The fraction of sp³-hybridized carbons (Fsp3) is 0.462. The van der Waals surface area contributed by atoms with Crippen LogP contribution in [0.3, 0.4) is 0 Å². The Bertz CT molecular complexity index is 406. The summed E-state index contributed by atoms with van der Waals surface area (Å²) in [4.78, 5) is 11.6. The van der Waals surface area contributed by atoms with Gasteiger partial charge in [-0.3, -0.25) is 4.79 Å². The fourth-order valence-electron chi connectivity index (χ4n) is 1.81. The quantitative estimate of drug-likeness (QED) is 0.796. The van der Waals surface area contributed by atoms with Crippen LogP contribution in [0.25, 0.3) is 0 Å². The molecule has 5 heteroatoms. The third kappa shape index (κ3) is 3.84. The normalized spacial score (nSPS) is 18.6. The molecule has 98 valence electrons. The lowest BCUT2D eigenvalue weighted by molar-refractivity contribution is -0.122. The lowest BCUT2D eigenvalue weighted by Crippen LogP contribution is -2.35. The first kappa shape index (κ1) is 13.1. The van der Waals surface area contributed by atoms with Crippen molar-refractivity contribution in [3.63, 3.8) is 0 Å².